The topological polar surface area (TPSA) is 81.8 Å². The molecule has 124 valence electrons. The van der Waals surface area contributed by atoms with Gasteiger partial charge in [0.2, 0.25) is 5.95 Å². The van der Waals surface area contributed by atoms with E-state index in [1.807, 2.05) is 31.3 Å². The van der Waals surface area contributed by atoms with Crippen molar-refractivity contribution in [2.75, 3.05) is 5.73 Å². The molecule has 1 unspecified atom stereocenters. The molecular formula is C20H18N4O. The lowest BCUT2D eigenvalue weighted by atomic mass is 9.80. The Labute approximate surface area is 146 Å². The second kappa shape index (κ2) is 6.09. The van der Waals surface area contributed by atoms with Crippen LogP contribution in [0.5, 0.6) is 0 Å². The Balaban J connectivity index is 1.71. The van der Waals surface area contributed by atoms with Gasteiger partial charge in [-0.1, -0.05) is 30.3 Å². The standard InChI is InChI=1S/C20H18N4O/c1-12-19-17(24-20(21)23-12)9-16(10-18(19)25)14-5-2-4-13(8-14)15-6-3-7-22-11-15/h2-8,11,16H,9-10H2,1H3,(H2,21,23,24). The number of anilines is 1. The number of rotatable bonds is 2. The first-order valence-corrected chi connectivity index (χ1v) is 8.28. The van der Waals surface area contributed by atoms with Crippen molar-refractivity contribution in [2.45, 2.75) is 25.7 Å². The number of nitrogens with two attached hydrogens (primary N) is 1. The lowest BCUT2D eigenvalue weighted by molar-refractivity contribution is 0.0962. The number of hydrogen-bond acceptors (Lipinski definition) is 5. The molecule has 0 radical (unpaired) electrons. The Morgan fingerprint density at radius 2 is 1.92 bits per heavy atom. The number of pyridine rings is 1. The third-order valence-electron chi connectivity index (χ3n) is 4.69. The molecule has 1 aliphatic carbocycles. The Kier molecular flexibility index (Phi) is 3.76. The summed E-state index contributed by atoms with van der Waals surface area (Å²) in [4.78, 5) is 25.2. The third-order valence-corrected chi connectivity index (χ3v) is 4.69. The van der Waals surface area contributed by atoms with Crippen molar-refractivity contribution in [1.29, 1.82) is 0 Å². The second-order valence-corrected chi connectivity index (χ2v) is 6.38. The van der Waals surface area contributed by atoms with Crippen molar-refractivity contribution in [2.24, 2.45) is 0 Å². The maximum Gasteiger partial charge on any atom is 0.220 e. The fourth-order valence-corrected chi connectivity index (χ4v) is 3.54. The number of aryl methyl sites for hydroxylation is 1. The monoisotopic (exact) mass is 330 g/mol. The van der Waals surface area contributed by atoms with Gasteiger partial charge in [-0.2, -0.15) is 0 Å². The van der Waals surface area contributed by atoms with E-state index in [4.69, 9.17) is 5.73 Å². The predicted octanol–water partition coefficient (Wildman–Crippen LogP) is 3.34. The average molecular weight is 330 g/mol. The molecule has 0 amide bonds. The fourth-order valence-electron chi connectivity index (χ4n) is 3.54. The second-order valence-electron chi connectivity index (χ2n) is 6.38. The van der Waals surface area contributed by atoms with Gasteiger partial charge in [0.25, 0.3) is 0 Å². The summed E-state index contributed by atoms with van der Waals surface area (Å²) < 4.78 is 0. The highest BCUT2D eigenvalue weighted by molar-refractivity contribution is 5.99. The van der Waals surface area contributed by atoms with Crippen LogP contribution in [0.4, 0.5) is 5.95 Å². The van der Waals surface area contributed by atoms with Gasteiger partial charge in [-0.25, -0.2) is 9.97 Å². The van der Waals surface area contributed by atoms with Gasteiger partial charge >= 0.3 is 0 Å². The van der Waals surface area contributed by atoms with Crippen molar-refractivity contribution in [3.63, 3.8) is 0 Å². The van der Waals surface area contributed by atoms with Crippen molar-refractivity contribution in [1.82, 2.24) is 15.0 Å². The van der Waals surface area contributed by atoms with Crippen molar-refractivity contribution in [3.05, 3.63) is 71.3 Å². The van der Waals surface area contributed by atoms with Gasteiger partial charge < -0.3 is 5.73 Å². The van der Waals surface area contributed by atoms with Crippen LogP contribution in [-0.2, 0) is 6.42 Å². The highest BCUT2D eigenvalue weighted by atomic mass is 16.1. The lowest BCUT2D eigenvalue weighted by Crippen LogP contribution is -2.22. The summed E-state index contributed by atoms with van der Waals surface area (Å²) in [6.45, 7) is 1.82. The van der Waals surface area contributed by atoms with Crippen molar-refractivity contribution < 1.29 is 4.79 Å². The number of carbonyl (C=O) groups excluding carboxylic acids is 1. The minimum atomic E-state index is 0.0931. The minimum Gasteiger partial charge on any atom is -0.368 e. The number of fused-ring (bicyclic) bond motifs is 1. The first-order chi connectivity index (χ1) is 12.1. The molecular weight excluding hydrogens is 312 g/mol. The van der Waals surface area contributed by atoms with E-state index in [-0.39, 0.29) is 17.6 Å². The zero-order valence-electron chi connectivity index (χ0n) is 13.9. The molecule has 0 saturated heterocycles. The molecule has 0 aliphatic heterocycles. The normalized spacial score (nSPS) is 16.5. The van der Waals surface area contributed by atoms with Crippen LogP contribution in [0, 0.1) is 6.92 Å². The van der Waals surface area contributed by atoms with Crippen LogP contribution in [0.15, 0.2) is 48.8 Å². The van der Waals surface area contributed by atoms with Crippen LogP contribution in [0.1, 0.15) is 39.6 Å². The minimum absolute atomic E-state index is 0.0931. The zero-order valence-corrected chi connectivity index (χ0v) is 13.9. The highest BCUT2D eigenvalue weighted by Crippen LogP contribution is 2.34. The van der Waals surface area contributed by atoms with E-state index in [0.717, 1.165) is 22.4 Å². The molecule has 3 aromatic rings. The fraction of sp³-hybridized carbons (Fsp3) is 0.200. The van der Waals surface area contributed by atoms with Crippen molar-refractivity contribution in [3.8, 4) is 11.1 Å². The molecule has 5 heteroatoms. The maximum absolute atomic E-state index is 12.6. The van der Waals surface area contributed by atoms with E-state index in [0.29, 0.717) is 24.1 Å². The van der Waals surface area contributed by atoms with E-state index in [2.05, 4.69) is 33.2 Å². The quantitative estimate of drug-likeness (QED) is 0.779. The van der Waals surface area contributed by atoms with Crippen LogP contribution in [0.3, 0.4) is 0 Å². The molecule has 0 fully saturated rings. The largest absolute Gasteiger partial charge is 0.368 e. The molecule has 2 N–H and O–H groups in total. The Morgan fingerprint density at radius 3 is 2.72 bits per heavy atom. The van der Waals surface area contributed by atoms with Gasteiger partial charge in [0.1, 0.15) is 0 Å². The molecule has 5 nitrogen and oxygen atoms in total. The van der Waals surface area contributed by atoms with Gasteiger partial charge in [-0.3, -0.25) is 9.78 Å². The van der Waals surface area contributed by atoms with Crippen LogP contribution >= 0.6 is 0 Å². The first kappa shape index (κ1) is 15.4. The third kappa shape index (κ3) is 2.89. The van der Waals surface area contributed by atoms with Crippen LogP contribution in [-0.4, -0.2) is 20.7 Å². The van der Waals surface area contributed by atoms with Crippen molar-refractivity contribution >= 4 is 11.7 Å². The Hall–Kier alpha value is -3.08. The zero-order chi connectivity index (χ0) is 17.4. The van der Waals surface area contributed by atoms with E-state index in [1.165, 1.54) is 0 Å². The Morgan fingerprint density at radius 1 is 1.08 bits per heavy atom. The van der Waals surface area contributed by atoms with Gasteiger partial charge in [0.05, 0.1) is 17.0 Å². The predicted molar refractivity (Wildman–Crippen MR) is 96.2 cm³/mol. The number of nitrogen functional groups attached to an aromatic ring is 1. The number of hydrogen-bond donors (Lipinski definition) is 1. The van der Waals surface area contributed by atoms with Gasteiger partial charge in [0.15, 0.2) is 5.78 Å². The van der Waals surface area contributed by atoms with E-state index < -0.39 is 0 Å². The van der Waals surface area contributed by atoms with Gasteiger partial charge in [-0.15, -0.1) is 0 Å². The number of aromatic nitrogens is 3. The van der Waals surface area contributed by atoms with E-state index in [9.17, 15) is 4.79 Å². The first-order valence-electron chi connectivity index (χ1n) is 8.28. The molecule has 0 bridgehead atoms. The lowest BCUT2D eigenvalue weighted by Gasteiger charge is -2.24. The molecule has 1 atom stereocenters. The highest BCUT2D eigenvalue weighted by Gasteiger charge is 2.29. The average Bonchev–Trinajstić information content (AvgIpc) is 2.61. The molecule has 0 spiro atoms. The molecule has 2 heterocycles. The van der Waals surface area contributed by atoms with Crippen LogP contribution in [0.25, 0.3) is 11.1 Å². The van der Waals surface area contributed by atoms with Crippen LogP contribution < -0.4 is 5.73 Å². The van der Waals surface area contributed by atoms with E-state index >= 15 is 0 Å². The molecule has 25 heavy (non-hydrogen) atoms. The summed E-state index contributed by atoms with van der Waals surface area (Å²) in [5, 5.41) is 0. The summed E-state index contributed by atoms with van der Waals surface area (Å²) >= 11 is 0. The number of Topliss-reactive ketones (excluding diaryl/α,β-unsaturated/α-hetero) is 1. The summed E-state index contributed by atoms with van der Waals surface area (Å²) in [5.74, 6) is 0.426. The van der Waals surface area contributed by atoms with E-state index in [1.54, 1.807) is 6.20 Å². The molecule has 4 rings (SSSR count). The maximum atomic E-state index is 12.6. The number of carbonyl (C=O) groups is 1. The summed E-state index contributed by atoms with van der Waals surface area (Å²) in [6.07, 6.45) is 4.77. The summed E-state index contributed by atoms with van der Waals surface area (Å²) in [6, 6.07) is 12.2. The molecule has 1 aliphatic rings. The summed E-state index contributed by atoms with van der Waals surface area (Å²) in [5.41, 5.74) is 11.2. The Bertz CT molecular complexity index is 953. The van der Waals surface area contributed by atoms with Gasteiger partial charge in [-0.05, 0) is 42.0 Å². The molecule has 1 aromatic carbocycles. The SMILES string of the molecule is Cc1nc(N)nc2c1C(=O)CC(c1cccc(-c3cccnc3)c1)C2. The summed E-state index contributed by atoms with van der Waals surface area (Å²) in [7, 11) is 0. The smallest absolute Gasteiger partial charge is 0.220 e. The molecule has 0 saturated carbocycles. The molecule has 2 aromatic heterocycles. The number of ketones is 1. The number of nitrogens with zero attached hydrogens (tertiary/aromatic N) is 3. The van der Waals surface area contributed by atoms with Gasteiger partial charge in [0, 0.05) is 18.8 Å². The van der Waals surface area contributed by atoms with Crippen LogP contribution in [0.2, 0.25) is 0 Å². The number of benzene rings is 1.